The molecule has 4 nitrogen and oxygen atoms in total. The van der Waals surface area contributed by atoms with Crippen LogP contribution in [0.2, 0.25) is 0 Å². The fourth-order valence-corrected chi connectivity index (χ4v) is 1.79. The molecule has 0 saturated carbocycles. The van der Waals surface area contributed by atoms with Crippen molar-refractivity contribution in [3.8, 4) is 11.5 Å². The summed E-state index contributed by atoms with van der Waals surface area (Å²) < 4.78 is 11.1. The Morgan fingerprint density at radius 3 is 2.40 bits per heavy atom. The smallest absolute Gasteiger partial charge is 0.222 e. The van der Waals surface area contributed by atoms with Crippen LogP contribution in [0, 0.1) is 5.92 Å². The van der Waals surface area contributed by atoms with Gasteiger partial charge in [0.1, 0.15) is 0 Å². The third-order valence-corrected chi connectivity index (χ3v) is 2.85. The van der Waals surface area contributed by atoms with Gasteiger partial charge >= 0.3 is 0 Å². The predicted molar refractivity (Wildman–Crippen MR) is 80.3 cm³/mol. The summed E-state index contributed by atoms with van der Waals surface area (Å²) in [5.41, 5.74) is 1.13. The van der Waals surface area contributed by atoms with E-state index in [0.717, 1.165) is 23.5 Å². The van der Waals surface area contributed by atoms with E-state index in [1.54, 1.807) is 0 Å². The van der Waals surface area contributed by atoms with Crippen molar-refractivity contribution < 1.29 is 14.3 Å². The van der Waals surface area contributed by atoms with E-state index in [1.807, 2.05) is 45.9 Å². The Hall–Kier alpha value is -1.71. The minimum absolute atomic E-state index is 0.0225. The van der Waals surface area contributed by atoms with E-state index in [-0.39, 0.29) is 11.8 Å². The van der Waals surface area contributed by atoms with Gasteiger partial charge in [0, 0.05) is 12.5 Å². The van der Waals surface area contributed by atoms with Gasteiger partial charge in [-0.15, -0.1) is 0 Å². The van der Waals surface area contributed by atoms with Crippen molar-refractivity contribution >= 4 is 5.91 Å². The second kappa shape index (κ2) is 8.46. The van der Waals surface area contributed by atoms with Gasteiger partial charge in [-0.1, -0.05) is 19.9 Å². The van der Waals surface area contributed by atoms with Crippen LogP contribution in [0.25, 0.3) is 0 Å². The third kappa shape index (κ3) is 5.11. The first kappa shape index (κ1) is 16.3. The molecule has 1 aromatic rings. The van der Waals surface area contributed by atoms with Crippen LogP contribution in [-0.4, -0.2) is 25.7 Å². The molecule has 0 aliphatic carbocycles. The molecule has 0 aliphatic heterocycles. The van der Waals surface area contributed by atoms with Gasteiger partial charge in [-0.2, -0.15) is 0 Å². The van der Waals surface area contributed by atoms with Gasteiger partial charge in [0.25, 0.3) is 0 Å². The zero-order valence-electron chi connectivity index (χ0n) is 12.9. The zero-order chi connectivity index (χ0) is 15.0. The highest BCUT2D eigenvalue weighted by Crippen LogP contribution is 2.28. The third-order valence-electron chi connectivity index (χ3n) is 2.85. The lowest BCUT2D eigenvalue weighted by Gasteiger charge is -2.13. The average Bonchev–Trinajstić information content (AvgIpc) is 2.41. The summed E-state index contributed by atoms with van der Waals surface area (Å²) >= 11 is 0. The molecule has 20 heavy (non-hydrogen) atoms. The fourth-order valence-electron chi connectivity index (χ4n) is 1.79. The van der Waals surface area contributed by atoms with Gasteiger partial charge in [0.15, 0.2) is 11.5 Å². The SMILES string of the molecule is CCOc1ccc(CCNC(=O)C(C)C)cc1OCC. The molecule has 1 aromatic carbocycles. The molecule has 0 fully saturated rings. The van der Waals surface area contributed by atoms with Crippen molar-refractivity contribution in [1.82, 2.24) is 5.32 Å². The van der Waals surface area contributed by atoms with Crippen LogP contribution in [0.4, 0.5) is 0 Å². The van der Waals surface area contributed by atoms with Crippen molar-refractivity contribution in [2.75, 3.05) is 19.8 Å². The van der Waals surface area contributed by atoms with Gasteiger partial charge in [-0.3, -0.25) is 4.79 Å². The molecule has 1 amide bonds. The van der Waals surface area contributed by atoms with Gasteiger partial charge in [0.05, 0.1) is 13.2 Å². The maximum Gasteiger partial charge on any atom is 0.222 e. The molecule has 1 N–H and O–H groups in total. The quantitative estimate of drug-likeness (QED) is 0.796. The number of benzene rings is 1. The van der Waals surface area contributed by atoms with Gasteiger partial charge in [-0.05, 0) is 38.0 Å². The Kier molecular flexibility index (Phi) is 6.91. The number of carbonyl (C=O) groups is 1. The van der Waals surface area contributed by atoms with E-state index in [1.165, 1.54) is 0 Å². The van der Waals surface area contributed by atoms with E-state index in [4.69, 9.17) is 9.47 Å². The van der Waals surface area contributed by atoms with Crippen LogP contribution >= 0.6 is 0 Å². The molecule has 0 radical (unpaired) electrons. The second-order valence-electron chi connectivity index (χ2n) is 4.84. The summed E-state index contributed by atoms with van der Waals surface area (Å²) in [6.45, 7) is 9.53. The van der Waals surface area contributed by atoms with Gasteiger partial charge in [0.2, 0.25) is 5.91 Å². The number of nitrogens with one attached hydrogen (secondary N) is 1. The monoisotopic (exact) mass is 279 g/mol. The first-order valence-electron chi connectivity index (χ1n) is 7.24. The summed E-state index contributed by atoms with van der Waals surface area (Å²) in [6.07, 6.45) is 0.783. The van der Waals surface area contributed by atoms with E-state index in [0.29, 0.717) is 19.8 Å². The Bertz CT molecular complexity index is 430. The first-order chi connectivity index (χ1) is 9.58. The lowest BCUT2D eigenvalue weighted by Crippen LogP contribution is -2.29. The van der Waals surface area contributed by atoms with Crippen molar-refractivity contribution in [1.29, 1.82) is 0 Å². The lowest BCUT2D eigenvalue weighted by molar-refractivity contribution is -0.123. The molecule has 0 heterocycles. The number of carbonyl (C=O) groups excluding carboxylic acids is 1. The van der Waals surface area contributed by atoms with Gasteiger partial charge < -0.3 is 14.8 Å². The standard InChI is InChI=1S/C16H25NO3/c1-5-19-14-8-7-13(11-15(14)20-6-2)9-10-17-16(18)12(3)4/h7-8,11-12H,5-6,9-10H2,1-4H3,(H,17,18). The minimum atomic E-state index is 0.0225. The molecule has 0 unspecified atom stereocenters. The molecule has 0 bridgehead atoms. The van der Waals surface area contributed by atoms with Crippen molar-refractivity contribution in [3.05, 3.63) is 23.8 Å². The molecule has 0 spiro atoms. The van der Waals surface area contributed by atoms with E-state index < -0.39 is 0 Å². The van der Waals surface area contributed by atoms with E-state index in [9.17, 15) is 4.79 Å². The highest BCUT2D eigenvalue weighted by molar-refractivity contribution is 5.77. The Balaban J connectivity index is 2.62. The Morgan fingerprint density at radius 1 is 1.15 bits per heavy atom. The number of amides is 1. The van der Waals surface area contributed by atoms with Crippen molar-refractivity contribution in [2.45, 2.75) is 34.1 Å². The lowest BCUT2D eigenvalue weighted by atomic mass is 10.1. The van der Waals surface area contributed by atoms with Crippen LogP contribution in [0.1, 0.15) is 33.3 Å². The van der Waals surface area contributed by atoms with Crippen molar-refractivity contribution in [2.24, 2.45) is 5.92 Å². The molecular weight excluding hydrogens is 254 g/mol. The zero-order valence-corrected chi connectivity index (χ0v) is 12.9. The second-order valence-corrected chi connectivity index (χ2v) is 4.84. The van der Waals surface area contributed by atoms with Crippen LogP contribution < -0.4 is 14.8 Å². The molecule has 0 atom stereocenters. The van der Waals surface area contributed by atoms with E-state index in [2.05, 4.69) is 5.32 Å². The predicted octanol–water partition coefficient (Wildman–Crippen LogP) is 2.80. The highest BCUT2D eigenvalue weighted by atomic mass is 16.5. The molecule has 112 valence electrons. The maximum atomic E-state index is 11.5. The number of hydrogen-bond donors (Lipinski definition) is 1. The Labute approximate surface area is 121 Å². The molecule has 0 aliphatic rings. The molecule has 0 saturated heterocycles. The Morgan fingerprint density at radius 2 is 1.80 bits per heavy atom. The highest BCUT2D eigenvalue weighted by Gasteiger charge is 2.08. The van der Waals surface area contributed by atoms with Crippen molar-refractivity contribution in [3.63, 3.8) is 0 Å². The summed E-state index contributed by atoms with van der Waals surface area (Å²) in [5, 5.41) is 2.91. The molecule has 4 heteroatoms. The molecular formula is C16H25NO3. The topological polar surface area (TPSA) is 47.6 Å². The molecule has 0 aromatic heterocycles. The fraction of sp³-hybridized carbons (Fsp3) is 0.562. The van der Waals surface area contributed by atoms with Gasteiger partial charge in [-0.25, -0.2) is 0 Å². The van der Waals surface area contributed by atoms with Crippen LogP contribution in [-0.2, 0) is 11.2 Å². The number of rotatable bonds is 8. The summed E-state index contributed by atoms with van der Waals surface area (Å²) in [5.74, 6) is 1.64. The first-order valence-corrected chi connectivity index (χ1v) is 7.24. The summed E-state index contributed by atoms with van der Waals surface area (Å²) in [6, 6.07) is 5.92. The minimum Gasteiger partial charge on any atom is -0.490 e. The van der Waals surface area contributed by atoms with Crippen LogP contribution in [0.15, 0.2) is 18.2 Å². The largest absolute Gasteiger partial charge is 0.490 e. The maximum absolute atomic E-state index is 11.5. The summed E-state index contributed by atoms with van der Waals surface area (Å²) in [4.78, 5) is 11.5. The average molecular weight is 279 g/mol. The molecule has 1 rings (SSSR count). The number of ether oxygens (including phenoxy) is 2. The normalized spacial score (nSPS) is 10.4. The summed E-state index contributed by atoms with van der Waals surface area (Å²) in [7, 11) is 0. The van der Waals surface area contributed by atoms with E-state index >= 15 is 0 Å². The number of hydrogen-bond acceptors (Lipinski definition) is 3. The van der Waals surface area contributed by atoms with Crippen LogP contribution in [0.5, 0.6) is 11.5 Å². The van der Waals surface area contributed by atoms with Crippen LogP contribution in [0.3, 0.4) is 0 Å².